The Morgan fingerprint density at radius 2 is 2.21 bits per heavy atom. The molecular weight excluding hydrogens is 183 g/mol. The van der Waals surface area contributed by atoms with Crippen LogP contribution < -0.4 is 4.74 Å². The van der Waals surface area contributed by atoms with Crippen molar-refractivity contribution in [2.45, 2.75) is 26.4 Å². The third-order valence-electron chi connectivity index (χ3n) is 1.95. The summed E-state index contributed by atoms with van der Waals surface area (Å²) >= 11 is 0. The SMILES string of the molecule is CCCCOc1ccc(F)cc1CO. The van der Waals surface area contributed by atoms with E-state index < -0.39 is 0 Å². The topological polar surface area (TPSA) is 29.5 Å². The number of aliphatic hydroxyl groups is 1. The number of rotatable bonds is 5. The molecule has 1 N–H and O–H groups in total. The summed E-state index contributed by atoms with van der Waals surface area (Å²) in [4.78, 5) is 0. The standard InChI is InChI=1S/C11H15FO2/c1-2-3-6-14-11-5-4-10(12)7-9(11)8-13/h4-5,7,13H,2-3,6,8H2,1H3. The smallest absolute Gasteiger partial charge is 0.125 e. The molecule has 0 aliphatic carbocycles. The van der Waals surface area contributed by atoms with E-state index >= 15 is 0 Å². The average Bonchev–Trinajstić information content (AvgIpc) is 2.20. The lowest BCUT2D eigenvalue weighted by molar-refractivity contribution is 0.260. The molecule has 0 amide bonds. The molecule has 1 rings (SSSR count). The van der Waals surface area contributed by atoms with Gasteiger partial charge in [-0.1, -0.05) is 13.3 Å². The van der Waals surface area contributed by atoms with E-state index in [9.17, 15) is 4.39 Å². The van der Waals surface area contributed by atoms with Crippen LogP contribution in [0.5, 0.6) is 5.75 Å². The number of ether oxygens (including phenoxy) is 1. The van der Waals surface area contributed by atoms with E-state index in [1.54, 1.807) is 6.07 Å². The van der Waals surface area contributed by atoms with Crippen LogP contribution in [0.4, 0.5) is 4.39 Å². The molecule has 1 aromatic rings. The van der Waals surface area contributed by atoms with Crippen LogP contribution in [0.25, 0.3) is 0 Å². The Bertz CT molecular complexity index is 287. The predicted octanol–water partition coefficient (Wildman–Crippen LogP) is 2.50. The Morgan fingerprint density at radius 1 is 1.43 bits per heavy atom. The highest BCUT2D eigenvalue weighted by molar-refractivity contribution is 5.33. The highest BCUT2D eigenvalue weighted by atomic mass is 19.1. The second kappa shape index (κ2) is 5.60. The summed E-state index contributed by atoms with van der Waals surface area (Å²) in [5.41, 5.74) is 0.501. The zero-order valence-corrected chi connectivity index (χ0v) is 8.29. The molecule has 1 aromatic carbocycles. The zero-order valence-electron chi connectivity index (χ0n) is 8.29. The van der Waals surface area contributed by atoms with Crippen LogP contribution in [-0.4, -0.2) is 11.7 Å². The van der Waals surface area contributed by atoms with Crippen molar-refractivity contribution in [1.82, 2.24) is 0 Å². The molecule has 14 heavy (non-hydrogen) atoms. The lowest BCUT2D eigenvalue weighted by atomic mass is 10.2. The van der Waals surface area contributed by atoms with Gasteiger partial charge in [0.2, 0.25) is 0 Å². The van der Waals surface area contributed by atoms with Crippen LogP contribution in [0, 0.1) is 5.82 Å². The zero-order chi connectivity index (χ0) is 10.4. The summed E-state index contributed by atoms with van der Waals surface area (Å²) in [6, 6.07) is 4.18. The van der Waals surface area contributed by atoms with E-state index in [-0.39, 0.29) is 12.4 Å². The molecule has 0 aliphatic heterocycles. The van der Waals surface area contributed by atoms with Crippen molar-refractivity contribution in [2.24, 2.45) is 0 Å². The molecule has 0 bridgehead atoms. The van der Waals surface area contributed by atoms with Crippen molar-refractivity contribution in [2.75, 3.05) is 6.61 Å². The molecule has 0 saturated carbocycles. The van der Waals surface area contributed by atoms with Gasteiger partial charge in [0.1, 0.15) is 11.6 Å². The number of halogens is 1. The van der Waals surface area contributed by atoms with E-state index in [0.717, 1.165) is 12.8 Å². The minimum absolute atomic E-state index is 0.195. The Balaban J connectivity index is 2.65. The molecule has 0 unspecified atom stereocenters. The number of hydrogen-bond donors (Lipinski definition) is 1. The third-order valence-corrected chi connectivity index (χ3v) is 1.95. The van der Waals surface area contributed by atoms with Gasteiger partial charge in [0.05, 0.1) is 13.2 Å². The van der Waals surface area contributed by atoms with Crippen molar-refractivity contribution in [3.63, 3.8) is 0 Å². The quantitative estimate of drug-likeness (QED) is 0.736. The monoisotopic (exact) mass is 198 g/mol. The summed E-state index contributed by atoms with van der Waals surface area (Å²) < 4.78 is 18.2. The lowest BCUT2D eigenvalue weighted by Crippen LogP contribution is -2.00. The minimum atomic E-state index is -0.350. The van der Waals surface area contributed by atoms with E-state index in [2.05, 4.69) is 6.92 Å². The Morgan fingerprint density at radius 3 is 2.86 bits per heavy atom. The van der Waals surface area contributed by atoms with E-state index in [1.807, 2.05) is 0 Å². The van der Waals surface area contributed by atoms with Crippen molar-refractivity contribution in [3.8, 4) is 5.75 Å². The molecule has 78 valence electrons. The molecule has 0 atom stereocenters. The fourth-order valence-corrected chi connectivity index (χ4v) is 1.14. The number of benzene rings is 1. The molecular formula is C11H15FO2. The number of hydrogen-bond acceptors (Lipinski definition) is 2. The third kappa shape index (κ3) is 3.00. The molecule has 0 fully saturated rings. The van der Waals surface area contributed by atoms with Gasteiger partial charge < -0.3 is 9.84 Å². The van der Waals surface area contributed by atoms with Gasteiger partial charge in [-0.05, 0) is 24.6 Å². The van der Waals surface area contributed by atoms with Gasteiger partial charge in [-0.25, -0.2) is 4.39 Å². The van der Waals surface area contributed by atoms with Crippen molar-refractivity contribution < 1.29 is 14.2 Å². The average molecular weight is 198 g/mol. The van der Waals surface area contributed by atoms with Crippen molar-refractivity contribution >= 4 is 0 Å². The van der Waals surface area contributed by atoms with Crippen molar-refractivity contribution in [3.05, 3.63) is 29.6 Å². The van der Waals surface area contributed by atoms with Gasteiger partial charge in [-0.15, -0.1) is 0 Å². The van der Waals surface area contributed by atoms with Gasteiger partial charge in [0.25, 0.3) is 0 Å². The normalized spacial score (nSPS) is 10.2. The first-order valence-electron chi connectivity index (χ1n) is 4.80. The molecule has 0 saturated heterocycles. The van der Waals surface area contributed by atoms with Gasteiger partial charge in [0.15, 0.2) is 0 Å². The van der Waals surface area contributed by atoms with Crippen molar-refractivity contribution in [1.29, 1.82) is 0 Å². The largest absolute Gasteiger partial charge is 0.493 e. The van der Waals surface area contributed by atoms with E-state index in [0.29, 0.717) is 17.9 Å². The number of unbranched alkanes of at least 4 members (excludes halogenated alkanes) is 1. The second-order valence-electron chi connectivity index (χ2n) is 3.11. The summed E-state index contributed by atoms with van der Waals surface area (Å²) in [6.07, 6.45) is 2.01. The van der Waals surface area contributed by atoms with Crippen LogP contribution >= 0.6 is 0 Å². The van der Waals surface area contributed by atoms with Crippen LogP contribution in [0.2, 0.25) is 0 Å². The first kappa shape index (κ1) is 11.0. The molecule has 3 heteroatoms. The summed E-state index contributed by atoms with van der Waals surface area (Å²) in [7, 11) is 0. The summed E-state index contributed by atoms with van der Waals surface area (Å²) in [5, 5.41) is 8.95. The van der Waals surface area contributed by atoms with Crippen LogP contribution in [0.1, 0.15) is 25.3 Å². The fourth-order valence-electron chi connectivity index (χ4n) is 1.14. The van der Waals surface area contributed by atoms with E-state index in [1.165, 1.54) is 12.1 Å². The van der Waals surface area contributed by atoms with E-state index in [4.69, 9.17) is 9.84 Å². The first-order chi connectivity index (χ1) is 6.77. The van der Waals surface area contributed by atoms with Gasteiger partial charge in [-0.3, -0.25) is 0 Å². The number of aliphatic hydroxyl groups excluding tert-OH is 1. The highest BCUT2D eigenvalue weighted by Crippen LogP contribution is 2.19. The van der Waals surface area contributed by atoms with Crippen LogP contribution in [0.3, 0.4) is 0 Å². The molecule has 0 heterocycles. The highest BCUT2D eigenvalue weighted by Gasteiger charge is 2.03. The molecule has 0 spiro atoms. The van der Waals surface area contributed by atoms with Crippen LogP contribution in [-0.2, 0) is 6.61 Å². The Hall–Kier alpha value is -1.09. The van der Waals surface area contributed by atoms with Gasteiger partial charge >= 0.3 is 0 Å². The Kier molecular flexibility index (Phi) is 4.40. The summed E-state index contributed by atoms with van der Waals surface area (Å²) in [6.45, 7) is 2.48. The second-order valence-corrected chi connectivity index (χ2v) is 3.11. The van der Waals surface area contributed by atoms with Gasteiger partial charge in [-0.2, -0.15) is 0 Å². The maximum atomic E-state index is 12.8. The Labute approximate surface area is 83.3 Å². The first-order valence-corrected chi connectivity index (χ1v) is 4.80. The maximum Gasteiger partial charge on any atom is 0.125 e. The summed E-state index contributed by atoms with van der Waals surface area (Å²) in [5.74, 6) is 0.222. The molecule has 2 nitrogen and oxygen atoms in total. The van der Waals surface area contributed by atoms with Crippen LogP contribution in [0.15, 0.2) is 18.2 Å². The molecule has 0 radical (unpaired) electrons. The predicted molar refractivity (Wildman–Crippen MR) is 52.7 cm³/mol. The van der Waals surface area contributed by atoms with Gasteiger partial charge in [0, 0.05) is 5.56 Å². The lowest BCUT2D eigenvalue weighted by Gasteiger charge is -2.09. The molecule has 0 aromatic heterocycles. The fraction of sp³-hybridized carbons (Fsp3) is 0.455. The minimum Gasteiger partial charge on any atom is -0.493 e. The maximum absolute atomic E-state index is 12.8. The molecule has 0 aliphatic rings.